The van der Waals surface area contributed by atoms with Gasteiger partial charge in [0.2, 0.25) is 0 Å². The fourth-order valence-electron chi connectivity index (χ4n) is 3.10. The summed E-state index contributed by atoms with van der Waals surface area (Å²) in [4.78, 5) is 0. The maximum atomic E-state index is 6.11. The monoisotopic (exact) mass is 247 g/mol. The average Bonchev–Trinajstić information content (AvgIpc) is 2.44. The van der Waals surface area contributed by atoms with Crippen LogP contribution in [0, 0.1) is 0 Å². The van der Waals surface area contributed by atoms with E-state index in [4.69, 9.17) is 10.5 Å². The fraction of sp³-hybridized carbons (Fsp3) is 0.625. The third-order valence-corrected chi connectivity index (χ3v) is 4.15. The molecule has 100 valence electrons. The van der Waals surface area contributed by atoms with E-state index in [0.717, 1.165) is 32.6 Å². The van der Waals surface area contributed by atoms with Crippen molar-refractivity contribution in [1.29, 1.82) is 0 Å². The maximum absolute atomic E-state index is 6.11. The summed E-state index contributed by atoms with van der Waals surface area (Å²) in [6.45, 7) is 4.58. The number of fused-ring (bicyclic) bond motifs is 1. The van der Waals surface area contributed by atoms with Gasteiger partial charge < -0.3 is 10.5 Å². The Balaban J connectivity index is 2.12. The van der Waals surface area contributed by atoms with E-state index in [9.17, 15) is 0 Å². The molecule has 0 spiro atoms. The number of hydrogen-bond acceptors (Lipinski definition) is 2. The van der Waals surface area contributed by atoms with E-state index in [1.54, 1.807) is 0 Å². The zero-order valence-corrected chi connectivity index (χ0v) is 11.5. The third kappa shape index (κ3) is 2.76. The number of benzene rings is 1. The highest BCUT2D eigenvalue weighted by Gasteiger charge is 2.34. The molecule has 0 fully saturated rings. The highest BCUT2D eigenvalue weighted by Crippen LogP contribution is 2.39. The van der Waals surface area contributed by atoms with Crippen molar-refractivity contribution in [3.05, 3.63) is 35.4 Å². The molecule has 1 unspecified atom stereocenters. The van der Waals surface area contributed by atoms with E-state index in [0.29, 0.717) is 0 Å². The van der Waals surface area contributed by atoms with E-state index < -0.39 is 0 Å². The quantitative estimate of drug-likeness (QED) is 0.784. The first-order chi connectivity index (χ1) is 8.82. The van der Waals surface area contributed by atoms with Gasteiger partial charge in [0.25, 0.3) is 0 Å². The topological polar surface area (TPSA) is 35.2 Å². The Bertz CT molecular complexity index is 377. The van der Waals surface area contributed by atoms with Crippen molar-refractivity contribution in [2.45, 2.75) is 44.4 Å². The van der Waals surface area contributed by atoms with Gasteiger partial charge in [0.1, 0.15) is 0 Å². The Morgan fingerprint density at radius 3 is 2.89 bits per heavy atom. The lowest BCUT2D eigenvalue weighted by Crippen LogP contribution is -2.39. The summed E-state index contributed by atoms with van der Waals surface area (Å²) in [5.74, 6) is 0. The minimum atomic E-state index is 0.155. The van der Waals surface area contributed by atoms with Crippen LogP contribution in [-0.2, 0) is 16.6 Å². The average molecular weight is 247 g/mol. The molecular weight excluding hydrogens is 222 g/mol. The summed E-state index contributed by atoms with van der Waals surface area (Å²) in [6, 6.07) is 8.80. The van der Waals surface area contributed by atoms with E-state index in [1.807, 2.05) is 0 Å². The minimum Gasteiger partial charge on any atom is -0.381 e. The zero-order chi connectivity index (χ0) is 12.8. The smallest absolute Gasteiger partial charge is 0.0475 e. The number of ether oxygens (including phenoxy) is 1. The van der Waals surface area contributed by atoms with Gasteiger partial charge in [0.05, 0.1) is 0 Å². The largest absolute Gasteiger partial charge is 0.381 e. The predicted octanol–water partition coefficient (Wildman–Crippen LogP) is 3.04. The van der Waals surface area contributed by atoms with E-state index >= 15 is 0 Å². The lowest BCUT2D eigenvalue weighted by molar-refractivity contribution is 0.111. The van der Waals surface area contributed by atoms with Gasteiger partial charge in [-0.05, 0) is 43.2 Å². The molecule has 1 atom stereocenters. The first kappa shape index (κ1) is 13.6. The van der Waals surface area contributed by atoms with Gasteiger partial charge in [-0.25, -0.2) is 0 Å². The van der Waals surface area contributed by atoms with E-state index in [1.165, 1.54) is 30.4 Å². The predicted molar refractivity (Wildman–Crippen MR) is 75.8 cm³/mol. The van der Waals surface area contributed by atoms with Crippen LogP contribution < -0.4 is 5.73 Å². The van der Waals surface area contributed by atoms with Crippen molar-refractivity contribution in [2.24, 2.45) is 5.73 Å². The molecule has 0 bridgehead atoms. The molecule has 0 heterocycles. The van der Waals surface area contributed by atoms with Crippen LogP contribution in [0.2, 0.25) is 0 Å². The molecule has 0 aromatic heterocycles. The van der Waals surface area contributed by atoms with E-state index in [-0.39, 0.29) is 5.41 Å². The summed E-state index contributed by atoms with van der Waals surface area (Å²) < 4.78 is 5.67. The van der Waals surface area contributed by atoms with Gasteiger partial charge in [0.15, 0.2) is 0 Å². The Hall–Kier alpha value is -0.860. The number of rotatable bonds is 6. The summed E-state index contributed by atoms with van der Waals surface area (Å²) in [7, 11) is 0. The Labute approximate surface area is 111 Å². The zero-order valence-electron chi connectivity index (χ0n) is 11.5. The van der Waals surface area contributed by atoms with Crippen molar-refractivity contribution in [2.75, 3.05) is 19.8 Å². The van der Waals surface area contributed by atoms with Gasteiger partial charge in [-0.2, -0.15) is 0 Å². The molecule has 1 aliphatic rings. The molecule has 2 nitrogen and oxygen atoms in total. The van der Waals surface area contributed by atoms with E-state index in [2.05, 4.69) is 31.2 Å². The van der Waals surface area contributed by atoms with Crippen molar-refractivity contribution in [1.82, 2.24) is 0 Å². The molecule has 0 saturated carbocycles. The van der Waals surface area contributed by atoms with Crippen LogP contribution in [-0.4, -0.2) is 19.8 Å². The van der Waals surface area contributed by atoms with Crippen LogP contribution in [0.4, 0.5) is 0 Å². The second-order valence-corrected chi connectivity index (χ2v) is 5.36. The van der Waals surface area contributed by atoms with Crippen molar-refractivity contribution >= 4 is 0 Å². The van der Waals surface area contributed by atoms with Crippen molar-refractivity contribution in [3.63, 3.8) is 0 Å². The molecule has 18 heavy (non-hydrogen) atoms. The molecule has 2 rings (SSSR count). The third-order valence-electron chi connectivity index (χ3n) is 4.15. The number of nitrogens with two attached hydrogens (primary N) is 1. The number of aryl methyl sites for hydroxylation is 1. The molecule has 1 aromatic carbocycles. The van der Waals surface area contributed by atoms with Crippen LogP contribution in [0.3, 0.4) is 0 Å². The van der Waals surface area contributed by atoms with Gasteiger partial charge in [-0.15, -0.1) is 0 Å². The molecular formula is C16H25NO. The summed E-state index contributed by atoms with van der Waals surface area (Å²) in [5, 5.41) is 0. The molecule has 0 radical (unpaired) electrons. The van der Waals surface area contributed by atoms with Crippen LogP contribution in [0.5, 0.6) is 0 Å². The first-order valence-electron chi connectivity index (χ1n) is 7.18. The highest BCUT2D eigenvalue weighted by atomic mass is 16.5. The van der Waals surface area contributed by atoms with Crippen molar-refractivity contribution < 1.29 is 4.74 Å². The minimum absolute atomic E-state index is 0.155. The molecule has 1 aliphatic carbocycles. The summed E-state index contributed by atoms with van der Waals surface area (Å²) in [6.07, 6.45) is 5.80. The molecule has 2 N–H and O–H groups in total. The van der Waals surface area contributed by atoms with Gasteiger partial charge >= 0.3 is 0 Å². The number of hydrogen-bond donors (Lipinski definition) is 1. The molecule has 0 aliphatic heterocycles. The van der Waals surface area contributed by atoms with Crippen LogP contribution in [0.15, 0.2) is 24.3 Å². The van der Waals surface area contributed by atoms with Crippen molar-refractivity contribution in [3.8, 4) is 0 Å². The normalized spacial score (nSPS) is 22.8. The van der Waals surface area contributed by atoms with Crippen LogP contribution >= 0.6 is 0 Å². The Morgan fingerprint density at radius 1 is 1.28 bits per heavy atom. The van der Waals surface area contributed by atoms with Gasteiger partial charge in [-0.1, -0.05) is 31.2 Å². The molecule has 0 amide bonds. The molecule has 2 heteroatoms. The van der Waals surface area contributed by atoms with Gasteiger partial charge in [-0.3, -0.25) is 0 Å². The fourth-order valence-corrected chi connectivity index (χ4v) is 3.10. The highest BCUT2D eigenvalue weighted by molar-refractivity contribution is 5.37. The lowest BCUT2D eigenvalue weighted by atomic mass is 9.68. The maximum Gasteiger partial charge on any atom is 0.0475 e. The Kier molecular flexibility index (Phi) is 4.79. The molecule has 0 saturated heterocycles. The second kappa shape index (κ2) is 6.35. The second-order valence-electron chi connectivity index (χ2n) is 5.36. The van der Waals surface area contributed by atoms with Gasteiger partial charge in [0, 0.05) is 25.2 Å². The van der Waals surface area contributed by atoms with Crippen LogP contribution in [0.1, 0.15) is 43.7 Å². The molecule has 1 aromatic rings. The SMILES string of the molecule is CCCOCCC1(CN)CCCc2ccccc21. The summed E-state index contributed by atoms with van der Waals surface area (Å²) in [5.41, 5.74) is 9.23. The standard InChI is InChI=1S/C16H25NO/c1-2-11-18-12-10-16(13-17)9-5-7-14-6-3-4-8-15(14)16/h3-4,6,8H,2,5,7,9-13,17H2,1H3. The lowest BCUT2D eigenvalue weighted by Gasteiger charge is -2.38. The van der Waals surface area contributed by atoms with Crippen LogP contribution in [0.25, 0.3) is 0 Å². The summed E-state index contributed by atoms with van der Waals surface area (Å²) >= 11 is 0. The first-order valence-corrected chi connectivity index (χ1v) is 7.18. The Morgan fingerprint density at radius 2 is 2.11 bits per heavy atom.